The van der Waals surface area contributed by atoms with Crippen LogP contribution in [0.4, 0.5) is 13.2 Å². The Morgan fingerprint density at radius 2 is 1.73 bits per heavy atom. The molecule has 1 aliphatic carbocycles. The summed E-state index contributed by atoms with van der Waals surface area (Å²) in [6.07, 6.45) is -0.847. The lowest BCUT2D eigenvalue weighted by Gasteiger charge is -2.44. The van der Waals surface area contributed by atoms with Crippen molar-refractivity contribution in [3.8, 4) is 0 Å². The van der Waals surface area contributed by atoms with Crippen molar-refractivity contribution in [1.29, 1.82) is 0 Å². The molecule has 1 unspecified atom stereocenters. The lowest BCUT2D eigenvalue weighted by atomic mass is 9.82. The van der Waals surface area contributed by atoms with E-state index < -0.39 is 28.7 Å². The number of benzene rings is 2. The van der Waals surface area contributed by atoms with Crippen LogP contribution >= 0.6 is 27.5 Å². The van der Waals surface area contributed by atoms with E-state index >= 15 is 0 Å². The van der Waals surface area contributed by atoms with Crippen molar-refractivity contribution >= 4 is 33.4 Å². The summed E-state index contributed by atoms with van der Waals surface area (Å²) in [5.41, 5.74) is -0.636. The minimum absolute atomic E-state index is 0.180. The Labute approximate surface area is 187 Å². The molecule has 1 N–H and O–H groups in total. The number of alkyl halides is 3. The highest BCUT2D eigenvalue weighted by Crippen LogP contribution is 2.44. The molecule has 0 spiro atoms. The van der Waals surface area contributed by atoms with Crippen LogP contribution in [0.3, 0.4) is 0 Å². The molecule has 1 aliphatic rings. The van der Waals surface area contributed by atoms with Crippen molar-refractivity contribution in [1.82, 2.24) is 10.2 Å². The second-order valence-electron chi connectivity index (χ2n) is 7.83. The number of likely N-dealkylation sites (N-methyl/N-ethyl adjacent to an activating group) is 1. The summed E-state index contributed by atoms with van der Waals surface area (Å²) in [6, 6.07) is 10.6. The second-order valence-corrected chi connectivity index (χ2v) is 9.12. The van der Waals surface area contributed by atoms with E-state index in [0.717, 1.165) is 41.8 Å². The number of halogens is 5. The number of nitrogens with one attached hydrogen (secondary N) is 1. The molecule has 0 aliphatic heterocycles. The summed E-state index contributed by atoms with van der Waals surface area (Å²) in [7, 11) is 3.95. The molecule has 1 fully saturated rings. The number of carbonyl (C=O) groups excluding carboxylic acids is 1. The molecular formula is C22H23BrClF3N2O. The SMILES string of the molecule is CN(C)C1(C(NC(=O)c2cccc(C(F)(F)F)c2Cl)c2ccc(Br)cc2)CCCC1. The van der Waals surface area contributed by atoms with E-state index in [2.05, 4.69) is 26.1 Å². The predicted molar refractivity (Wildman–Crippen MR) is 116 cm³/mol. The van der Waals surface area contributed by atoms with Crippen LogP contribution in [-0.4, -0.2) is 30.4 Å². The number of hydrogen-bond acceptors (Lipinski definition) is 2. The smallest absolute Gasteiger partial charge is 0.343 e. The zero-order chi connectivity index (χ0) is 22.1. The Kier molecular flexibility index (Phi) is 6.84. The van der Waals surface area contributed by atoms with E-state index in [1.807, 2.05) is 38.4 Å². The third kappa shape index (κ3) is 4.53. The van der Waals surface area contributed by atoms with Crippen LogP contribution in [0.15, 0.2) is 46.9 Å². The molecule has 1 amide bonds. The highest BCUT2D eigenvalue weighted by Gasteiger charge is 2.45. The van der Waals surface area contributed by atoms with Crippen LogP contribution in [-0.2, 0) is 6.18 Å². The molecule has 0 radical (unpaired) electrons. The minimum Gasteiger partial charge on any atom is -0.343 e. The van der Waals surface area contributed by atoms with Gasteiger partial charge in [0.25, 0.3) is 5.91 Å². The molecule has 1 saturated carbocycles. The fourth-order valence-corrected chi connectivity index (χ4v) is 4.88. The Bertz CT molecular complexity index is 910. The fraction of sp³-hybridized carbons (Fsp3) is 0.409. The van der Waals surface area contributed by atoms with Gasteiger partial charge in [-0.3, -0.25) is 4.79 Å². The van der Waals surface area contributed by atoms with Crippen molar-refractivity contribution in [3.63, 3.8) is 0 Å². The third-order valence-electron chi connectivity index (χ3n) is 5.92. The van der Waals surface area contributed by atoms with Gasteiger partial charge in [0, 0.05) is 10.0 Å². The standard InChI is InChI=1S/C22H23BrClF3N2O/c1-29(2)21(12-3-4-13-21)19(14-8-10-15(23)11-9-14)28-20(30)16-6-5-7-17(18(16)24)22(25,26)27/h5-11,19H,3-4,12-13H2,1-2H3,(H,28,30). The van der Waals surface area contributed by atoms with E-state index in [1.54, 1.807) is 0 Å². The van der Waals surface area contributed by atoms with Gasteiger partial charge in [0.15, 0.2) is 0 Å². The van der Waals surface area contributed by atoms with E-state index in [-0.39, 0.29) is 11.1 Å². The number of carbonyl (C=O) groups is 1. The molecule has 1 atom stereocenters. The van der Waals surface area contributed by atoms with E-state index in [4.69, 9.17) is 11.6 Å². The molecule has 162 valence electrons. The van der Waals surface area contributed by atoms with Crippen molar-refractivity contribution < 1.29 is 18.0 Å². The largest absolute Gasteiger partial charge is 0.417 e. The maximum Gasteiger partial charge on any atom is 0.417 e. The van der Waals surface area contributed by atoms with Crippen LogP contribution < -0.4 is 5.32 Å². The molecule has 3 rings (SSSR count). The van der Waals surface area contributed by atoms with Crippen LogP contribution in [0.25, 0.3) is 0 Å². The summed E-state index contributed by atoms with van der Waals surface area (Å²) >= 11 is 9.42. The average Bonchev–Trinajstić information content (AvgIpc) is 3.17. The van der Waals surface area contributed by atoms with Gasteiger partial charge in [-0.1, -0.05) is 58.6 Å². The molecule has 0 aromatic heterocycles. The van der Waals surface area contributed by atoms with Gasteiger partial charge in [-0.25, -0.2) is 0 Å². The van der Waals surface area contributed by atoms with Crippen LogP contribution in [0.5, 0.6) is 0 Å². The summed E-state index contributed by atoms with van der Waals surface area (Å²) in [5.74, 6) is -0.618. The van der Waals surface area contributed by atoms with Crippen molar-refractivity contribution in [3.05, 3.63) is 68.7 Å². The van der Waals surface area contributed by atoms with Crippen molar-refractivity contribution in [2.75, 3.05) is 14.1 Å². The van der Waals surface area contributed by atoms with Gasteiger partial charge >= 0.3 is 6.18 Å². The molecule has 8 heteroatoms. The maximum atomic E-state index is 13.2. The van der Waals surface area contributed by atoms with Crippen LogP contribution in [0, 0.1) is 0 Å². The Hall–Kier alpha value is -1.57. The maximum absolute atomic E-state index is 13.2. The van der Waals surface area contributed by atoms with E-state index in [9.17, 15) is 18.0 Å². The third-order valence-corrected chi connectivity index (χ3v) is 6.86. The zero-order valence-corrected chi connectivity index (χ0v) is 19.0. The molecule has 30 heavy (non-hydrogen) atoms. The van der Waals surface area contributed by atoms with Gasteiger partial charge in [0.2, 0.25) is 0 Å². The Balaban J connectivity index is 2.02. The molecule has 0 bridgehead atoms. The average molecular weight is 504 g/mol. The molecule has 2 aromatic rings. The van der Waals surface area contributed by atoms with Gasteiger partial charge in [-0.2, -0.15) is 13.2 Å². The summed E-state index contributed by atoms with van der Waals surface area (Å²) in [5, 5.41) is 2.42. The summed E-state index contributed by atoms with van der Waals surface area (Å²) < 4.78 is 40.6. The molecule has 3 nitrogen and oxygen atoms in total. The van der Waals surface area contributed by atoms with Crippen molar-refractivity contribution in [2.45, 2.75) is 43.4 Å². The molecule has 0 saturated heterocycles. The zero-order valence-electron chi connectivity index (χ0n) is 16.7. The summed E-state index contributed by atoms with van der Waals surface area (Å²) in [6.45, 7) is 0. The van der Waals surface area contributed by atoms with Gasteiger partial charge in [-0.15, -0.1) is 0 Å². The van der Waals surface area contributed by atoms with Crippen molar-refractivity contribution in [2.24, 2.45) is 0 Å². The van der Waals surface area contributed by atoms with Crippen LogP contribution in [0.1, 0.15) is 53.2 Å². The minimum atomic E-state index is -4.63. The number of hydrogen-bond donors (Lipinski definition) is 1. The lowest BCUT2D eigenvalue weighted by Crippen LogP contribution is -2.53. The highest BCUT2D eigenvalue weighted by atomic mass is 79.9. The highest BCUT2D eigenvalue weighted by molar-refractivity contribution is 9.10. The fourth-order valence-electron chi connectivity index (χ4n) is 4.30. The first kappa shape index (κ1) is 23.1. The Morgan fingerprint density at radius 3 is 2.27 bits per heavy atom. The van der Waals surface area contributed by atoms with Gasteiger partial charge < -0.3 is 10.2 Å². The molecule has 2 aromatic carbocycles. The normalized spacial score (nSPS) is 17.2. The quantitative estimate of drug-likeness (QED) is 0.507. The van der Waals surface area contributed by atoms with Crippen LogP contribution in [0.2, 0.25) is 5.02 Å². The summed E-state index contributed by atoms with van der Waals surface area (Å²) in [4.78, 5) is 15.2. The first-order chi connectivity index (χ1) is 14.1. The molecule has 0 heterocycles. The predicted octanol–water partition coefficient (Wildman–Crippen LogP) is 6.47. The first-order valence-electron chi connectivity index (χ1n) is 9.66. The van der Waals surface area contributed by atoms with E-state index in [1.165, 1.54) is 12.1 Å². The van der Waals surface area contributed by atoms with Gasteiger partial charge in [-0.05, 0) is 56.8 Å². The first-order valence-corrected chi connectivity index (χ1v) is 10.8. The van der Waals surface area contributed by atoms with Gasteiger partial charge in [0.05, 0.1) is 22.2 Å². The lowest BCUT2D eigenvalue weighted by molar-refractivity contribution is -0.137. The second kappa shape index (κ2) is 8.89. The van der Waals surface area contributed by atoms with Gasteiger partial charge in [0.1, 0.15) is 0 Å². The number of rotatable bonds is 5. The molecular weight excluding hydrogens is 481 g/mol. The van der Waals surface area contributed by atoms with E-state index in [0.29, 0.717) is 0 Å². The number of amides is 1. The number of nitrogens with zero attached hydrogens (tertiary/aromatic N) is 1. The topological polar surface area (TPSA) is 32.3 Å². The Morgan fingerprint density at radius 1 is 1.13 bits per heavy atom. The monoisotopic (exact) mass is 502 g/mol.